The molecule has 2 rings (SSSR count). The van der Waals surface area contributed by atoms with Crippen molar-refractivity contribution in [1.29, 1.82) is 0 Å². The van der Waals surface area contributed by atoms with Gasteiger partial charge in [0.2, 0.25) is 0 Å². The van der Waals surface area contributed by atoms with Gasteiger partial charge in [0.15, 0.2) is 0 Å². The molecule has 0 amide bonds. The highest BCUT2D eigenvalue weighted by atomic mass is 19.1. The highest BCUT2D eigenvalue weighted by Crippen LogP contribution is 2.26. The number of nitrogens with one attached hydrogen (secondary N) is 1. The second kappa shape index (κ2) is 3.93. The second-order valence-corrected chi connectivity index (χ2v) is 3.69. The molecule has 1 nitrogen and oxygen atoms in total. The van der Waals surface area contributed by atoms with Gasteiger partial charge in [-0.3, -0.25) is 0 Å². The lowest BCUT2D eigenvalue weighted by atomic mass is 10.1. The lowest BCUT2D eigenvalue weighted by Crippen LogP contribution is -2.21. The molecule has 1 N–H and O–H groups in total. The molecular weight excluding hydrogens is 177 g/mol. The molecule has 0 radical (unpaired) electrons. The molecule has 1 aliphatic rings. The van der Waals surface area contributed by atoms with Crippen molar-refractivity contribution in [1.82, 2.24) is 5.32 Å². The molecule has 0 aromatic heterocycles. The van der Waals surface area contributed by atoms with Crippen molar-refractivity contribution < 1.29 is 4.39 Å². The lowest BCUT2D eigenvalue weighted by molar-refractivity contribution is 0.603. The van der Waals surface area contributed by atoms with Gasteiger partial charge < -0.3 is 5.32 Å². The predicted octanol–water partition coefficient (Wildman–Crippen LogP) is 2.80. The Balaban J connectivity index is 2.09. The Labute approximate surface area is 83.6 Å². The molecular formula is C12H14FN. The second-order valence-electron chi connectivity index (χ2n) is 3.69. The summed E-state index contributed by atoms with van der Waals surface area (Å²) in [6.45, 7) is 3.76. The molecule has 0 unspecified atom stereocenters. The van der Waals surface area contributed by atoms with Crippen LogP contribution in [0.2, 0.25) is 0 Å². The highest BCUT2D eigenvalue weighted by molar-refractivity contribution is 5.21. The van der Waals surface area contributed by atoms with E-state index in [0.29, 0.717) is 12.1 Å². The number of rotatable bonds is 2. The maximum atomic E-state index is 12.7. The van der Waals surface area contributed by atoms with Gasteiger partial charge in [0, 0.05) is 12.1 Å². The van der Waals surface area contributed by atoms with Crippen LogP contribution in [0.25, 0.3) is 0 Å². The SMILES string of the molecule is C=C[C@H]1CC[C@@H](c2ccc(F)cc2)N1. The number of hydrogen-bond acceptors (Lipinski definition) is 1. The van der Waals surface area contributed by atoms with E-state index in [-0.39, 0.29) is 5.82 Å². The molecule has 2 atom stereocenters. The van der Waals surface area contributed by atoms with E-state index in [9.17, 15) is 4.39 Å². The van der Waals surface area contributed by atoms with Crippen LogP contribution in [-0.2, 0) is 0 Å². The van der Waals surface area contributed by atoms with E-state index >= 15 is 0 Å². The summed E-state index contributed by atoms with van der Waals surface area (Å²) in [6, 6.07) is 7.48. The number of benzene rings is 1. The van der Waals surface area contributed by atoms with E-state index in [1.54, 1.807) is 0 Å². The average molecular weight is 191 g/mol. The summed E-state index contributed by atoms with van der Waals surface area (Å²) in [4.78, 5) is 0. The molecule has 74 valence electrons. The first-order valence-electron chi connectivity index (χ1n) is 4.93. The van der Waals surface area contributed by atoms with Crippen LogP contribution in [0.15, 0.2) is 36.9 Å². The summed E-state index contributed by atoms with van der Waals surface area (Å²) in [5.41, 5.74) is 1.16. The van der Waals surface area contributed by atoms with E-state index in [1.165, 1.54) is 12.1 Å². The fourth-order valence-corrected chi connectivity index (χ4v) is 1.92. The average Bonchev–Trinajstić information content (AvgIpc) is 2.67. The van der Waals surface area contributed by atoms with E-state index in [4.69, 9.17) is 0 Å². The smallest absolute Gasteiger partial charge is 0.123 e. The van der Waals surface area contributed by atoms with Crippen LogP contribution in [-0.4, -0.2) is 6.04 Å². The molecule has 1 saturated heterocycles. The zero-order valence-corrected chi connectivity index (χ0v) is 8.04. The predicted molar refractivity (Wildman–Crippen MR) is 55.5 cm³/mol. The van der Waals surface area contributed by atoms with Crippen molar-refractivity contribution >= 4 is 0 Å². The molecule has 1 aliphatic heterocycles. The van der Waals surface area contributed by atoms with Crippen LogP contribution < -0.4 is 5.32 Å². The third kappa shape index (κ3) is 1.85. The largest absolute Gasteiger partial charge is 0.304 e. The minimum absolute atomic E-state index is 0.174. The molecule has 0 aliphatic carbocycles. The van der Waals surface area contributed by atoms with Crippen molar-refractivity contribution in [3.05, 3.63) is 48.3 Å². The van der Waals surface area contributed by atoms with Gasteiger partial charge in [-0.15, -0.1) is 6.58 Å². The summed E-state index contributed by atoms with van der Waals surface area (Å²) < 4.78 is 12.7. The minimum atomic E-state index is -0.174. The Kier molecular flexibility index (Phi) is 2.64. The van der Waals surface area contributed by atoms with Crippen LogP contribution in [0.4, 0.5) is 4.39 Å². The van der Waals surface area contributed by atoms with Crippen LogP contribution in [0.1, 0.15) is 24.4 Å². The van der Waals surface area contributed by atoms with Gasteiger partial charge in [0.25, 0.3) is 0 Å². The van der Waals surface area contributed by atoms with Crippen LogP contribution >= 0.6 is 0 Å². The summed E-state index contributed by atoms with van der Waals surface area (Å²) in [5, 5.41) is 3.44. The summed E-state index contributed by atoms with van der Waals surface area (Å²) in [7, 11) is 0. The summed E-state index contributed by atoms with van der Waals surface area (Å²) in [6.07, 6.45) is 4.15. The first kappa shape index (κ1) is 9.41. The Hall–Kier alpha value is -1.15. The van der Waals surface area contributed by atoms with Gasteiger partial charge >= 0.3 is 0 Å². The number of hydrogen-bond donors (Lipinski definition) is 1. The topological polar surface area (TPSA) is 12.0 Å². The third-order valence-corrected chi connectivity index (χ3v) is 2.74. The van der Waals surface area contributed by atoms with Gasteiger partial charge in [-0.2, -0.15) is 0 Å². The molecule has 0 spiro atoms. The van der Waals surface area contributed by atoms with Crippen LogP contribution in [0.3, 0.4) is 0 Å². The van der Waals surface area contributed by atoms with Crippen LogP contribution in [0.5, 0.6) is 0 Å². The molecule has 0 saturated carbocycles. The molecule has 1 fully saturated rings. The first-order valence-corrected chi connectivity index (χ1v) is 4.93. The summed E-state index contributed by atoms with van der Waals surface area (Å²) >= 11 is 0. The fourth-order valence-electron chi connectivity index (χ4n) is 1.92. The Morgan fingerprint density at radius 2 is 2.00 bits per heavy atom. The molecule has 1 heterocycles. The van der Waals surface area contributed by atoms with Crippen LogP contribution in [0, 0.1) is 5.82 Å². The molecule has 1 aromatic rings. The highest BCUT2D eigenvalue weighted by Gasteiger charge is 2.22. The maximum Gasteiger partial charge on any atom is 0.123 e. The monoisotopic (exact) mass is 191 g/mol. The maximum absolute atomic E-state index is 12.7. The van der Waals surface area contributed by atoms with E-state index in [1.807, 2.05) is 18.2 Å². The third-order valence-electron chi connectivity index (χ3n) is 2.74. The normalized spacial score (nSPS) is 26.4. The van der Waals surface area contributed by atoms with E-state index < -0.39 is 0 Å². The van der Waals surface area contributed by atoms with Gasteiger partial charge in [-0.25, -0.2) is 4.39 Å². The van der Waals surface area contributed by atoms with Gasteiger partial charge in [0.1, 0.15) is 5.82 Å². The minimum Gasteiger partial charge on any atom is -0.304 e. The van der Waals surface area contributed by atoms with Gasteiger partial charge in [-0.1, -0.05) is 18.2 Å². The number of halogens is 1. The van der Waals surface area contributed by atoms with E-state index in [0.717, 1.165) is 18.4 Å². The Morgan fingerprint density at radius 1 is 1.29 bits per heavy atom. The first-order chi connectivity index (χ1) is 6.79. The molecule has 1 aromatic carbocycles. The van der Waals surface area contributed by atoms with Gasteiger partial charge in [-0.05, 0) is 30.5 Å². The zero-order chi connectivity index (χ0) is 9.97. The zero-order valence-electron chi connectivity index (χ0n) is 8.04. The van der Waals surface area contributed by atoms with Gasteiger partial charge in [0.05, 0.1) is 0 Å². The molecule has 2 heteroatoms. The van der Waals surface area contributed by atoms with Crippen molar-refractivity contribution in [2.75, 3.05) is 0 Å². The summed E-state index contributed by atoms with van der Waals surface area (Å²) in [5.74, 6) is -0.174. The Morgan fingerprint density at radius 3 is 2.57 bits per heavy atom. The van der Waals surface area contributed by atoms with Crippen molar-refractivity contribution in [2.24, 2.45) is 0 Å². The van der Waals surface area contributed by atoms with E-state index in [2.05, 4.69) is 11.9 Å². The van der Waals surface area contributed by atoms with Crippen molar-refractivity contribution in [3.8, 4) is 0 Å². The lowest BCUT2D eigenvalue weighted by Gasteiger charge is -2.11. The fraction of sp³-hybridized carbons (Fsp3) is 0.333. The Bertz CT molecular complexity index is 318. The quantitative estimate of drug-likeness (QED) is 0.709. The van der Waals surface area contributed by atoms with Crippen molar-refractivity contribution in [2.45, 2.75) is 24.9 Å². The standard InChI is InChI=1S/C12H14FN/c1-2-11-7-8-12(14-11)9-3-5-10(13)6-4-9/h2-6,11-12,14H,1,7-8H2/t11-,12-/m0/s1. The molecule has 14 heavy (non-hydrogen) atoms. The van der Waals surface area contributed by atoms with Crippen molar-refractivity contribution in [3.63, 3.8) is 0 Å². The molecule has 0 bridgehead atoms.